The lowest BCUT2D eigenvalue weighted by atomic mass is 10.1. The van der Waals surface area contributed by atoms with E-state index in [0.717, 1.165) is 29.9 Å². The fourth-order valence-corrected chi connectivity index (χ4v) is 1.80. The van der Waals surface area contributed by atoms with Crippen molar-refractivity contribution in [2.24, 2.45) is 0 Å². The summed E-state index contributed by atoms with van der Waals surface area (Å²) in [4.78, 5) is 16.1. The van der Waals surface area contributed by atoms with Crippen LogP contribution in [0.2, 0.25) is 0 Å². The van der Waals surface area contributed by atoms with Crippen molar-refractivity contribution in [1.29, 1.82) is 0 Å². The number of hydrogen-bond acceptors (Lipinski definition) is 3. The van der Waals surface area contributed by atoms with E-state index in [-0.39, 0.29) is 5.91 Å². The number of nitrogens with zero attached hydrogens (tertiary/aromatic N) is 1. The van der Waals surface area contributed by atoms with Gasteiger partial charge in [0.05, 0.1) is 11.9 Å². The van der Waals surface area contributed by atoms with Crippen molar-refractivity contribution < 1.29 is 4.79 Å². The Hall–Kier alpha value is -2.36. The highest BCUT2D eigenvalue weighted by Gasteiger charge is 2.07. The first-order chi connectivity index (χ1) is 9.70. The molecule has 0 fully saturated rings. The number of amides is 1. The van der Waals surface area contributed by atoms with Crippen LogP contribution in [-0.2, 0) is 0 Å². The largest absolute Gasteiger partial charge is 0.385 e. The van der Waals surface area contributed by atoms with Crippen molar-refractivity contribution in [3.05, 3.63) is 53.9 Å². The van der Waals surface area contributed by atoms with E-state index >= 15 is 0 Å². The molecule has 1 aromatic heterocycles. The summed E-state index contributed by atoms with van der Waals surface area (Å²) < 4.78 is 0. The number of aromatic nitrogens is 1. The molecule has 0 spiro atoms. The Morgan fingerprint density at radius 3 is 2.60 bits per heavy atom. The molecule has 0 aliphatic heterocycles. The number of anilines is 2. The number of carbonyl (C=O) groups excluding carboxylic acids is 1. The van der Waals surface area contributed by atoms with E-state index in [1.54, 1.807) is 12.4 Å². The molecule has 2 rings (SSSR count). The molecule has 2 N–H and O–H groups in total. The highest BCUT2D eigenvalue weighted by atomic mass is 16.1. The molecule has 0 atom stereocenters. The molecule has 1 aromatic carbocycles. The van der Waals surface area contributed by atoms with Gasteiger partial charge in [-0.05, 0) is 49.2 Å². The van der Waals surface area contributed by atoms with Crippen molar-refractivity contribution >= 4 is 17.3 Å². The van der Waals surface area contributed by atoms with Gasteiger partial charge < -0.3 is 10.6 Å². The van der Waals surface area contributed by atoms with Crippen LogP contribution in [0.4, 0.5) is 11.4 Å². The van der Waals surface area contributed by atoms with E-state index in [1.165, 1.54) is 0 Å². The van der Waals surface area contributed by atoms with Crippen LogP contribution >= 0.6 is 0 Å². The highest BCUT2D eigenvalue weighted by molar-refractivity contribution is 6.04. The van der Waals surface area contributed by atoms with E-state index in [1.807, 2.05) is 37.3 Å². The minimum absolute atomic E-state index is 0.122. The quantitative estimate of drug-likeness (QED) is 0.874. The third kappa shape index (κ3) is 3.57. The van der Waals surface area contributed by atoms with Gasteiger partial charge in [-0.1, -0.05) is 6.92 Å². The topological polar surface area (TPSA) is 54.0 Å². The zero-order chi connectivity index (χ0) is 14.4. The summed E-state index contributed by atoms with van der Waals surface area (Å²) in [5.74, 6) is -0.122. The van der Waals surface area contributed by atoms with E-state index in [9.17, 15) is 4.79 Å². The van der Waals surface area contributed by atoms with Crippen molar-refractivity contribution in [3.63, 3.8) is 0 Å². The van der Waals surface area contributed by atoms with Crippen LogP contribution in [0.3, 0.4) is 0 Å². The third-order valence-electron chi connectivity index (χ3n) is 3.01. The summed E-state index contributed by atoms with van der Waals surface area (Å²) in [5, 5.41) is 6.14. The Morgan fingerprint density at radius 2 is 1.95 bits per heavy atom. The molecule has 4 heteroatoms. The van der Waals surface area contributed by atoms with E-state index < -0.39 is 0 Å². The van der Waals surface area contributed by atoms with Crippen LogP contribution in [0.15, 0.2) is 42.7 Å². The molecule has 0 saturated carbocycles. The first-order valence-corrected chi connectivity index (χ1v) is 6.76. The van der Waals surface area contributed by atoms with Crippen LogP contribution in [0.5, 0.6) is 0 Å². The molecule has 0 aliphatic rings. The summed E-state index contributed by atoms with van der Waals surface area (Å²) in [7, 11) is 0. The molecule has 0 aliphatic carbocycles. The van der Waals surface area contributed by atoms with Crippen molar-refractivity contribution in [2.45, 2.75) is 20.3 Å². The molecule has 1 amide bonds. The van der Waals surface area contributed by atoms with Crippen LogP contribution in [0.25, 0.3) is 0 Å². The van der Waals surface area contributed by atoms with E-state index in [2.05, 4.69) is 22.5 Å². The van der Waals surface area contributed by atoms with Gasteiger partial charge >= 0.3 is 0 Å². The second kappa shape index (κ2) is 6.70. The summed E-state index contributed by atoms with van der Waals surface area (Å²) in [6.45, 7) is 4.99. The molecular weight excluding hydrogens is 250 g/mol. The number of aryl methyl sites for hydroxylation is 1. The van der Waals surface area contributed by atoms with Gasteiger partial charge in [0.15, 0.2) is 0 Å². The summed E-state index contributed by atoms with van der Waals surface area (Å²) in [5.41, 5.74) is 3.40. The van der Waals surface area contributed by atoms with Gasteiger partial charge in [-0.15, -0.1) is 0 Å². The fraction of sp³-hybridized carbons (Fsp3) is 0.250. The molecule has 0 radical (unpaired) electrons. The standard InChI is InChI=1S/C16H19N3O/c1-3-9-18-14-6-4-13(5-7-14)16(20)19-15-11-17-10-8-12(15)2/h4-8,10-11,18H,3,9H2,1-2H3,(H,19,20). The number of benzene rings is 1. The SMILES string of the molecule is CCCNc1ccc(C(=O)Nc2cnccc2C)cc1. The number of pyridine rings is 1. The second-order valence-electron chi connectivity index (χ2n) is 4.65. The predicted molar refractivity (Wildman–Crippen MR) is 82.1 cm³/mol. The zero-order valence-electron chi connectivity index (χ0n) is 11.8. The van der Waals surface area contributed by atoms with Crippen LogP contribution in [0, 0.1) is 6.92 Å². The Morgan fingerprint density at radius 1 is 1.20 bits per heavy atom. The first-order valence-electron chi connectivity index (χ1n) is 6.76. The number of carbonyl (C=O) groups is 1. The van der Waals surface area contributed by atoms with Gasteiger partial charge in [0.1, 0.15) is 0 Å². The molecule has 20 heavy (non-hydrogen) atoms. The predicted octanol–water partition coefficient (Wildman–Crippen LogP) is 3.46. The average Bonchev–Trinajstić information content (AvgIpc) is 2.48. The number of hydrogen-bond donors (Lipinski definition) is 2. The van der Waals surface area contributed by atoms with Gasteiger partial charge in [-0.3, -0.25) is 9.78 Å². The monoisotopic (exact) mass is 269 g/mol. The van der Waals surface area contributed by atoms with E-state index in [4.69, 9.17) is 0 Å². The fourth-order valence-electron chi connectivity index (χ4n) is 1.80. The molecule has 0 saturated heterocycles. The first kappa shape index (κ1) is 14.1. The Bertz CT molecular complexity index is 579. The normalized spacial score (nSPS) is 10.1. The molecule has 0 unspecified atom stereocenters. The maximum absolute atomic E-state index is 12.1. The Labute approximate surface area is 119 Å². The number of rotatable bonds is 5. The number of nitrogens with one attached hydrogen (secondary N) is 2. The second-order valence-corrected chi connectivity index (χ2v) is 4.65. The zero-order valence-corrected chi connectivity index (χ0v) is 11.8. The van der Waals surface area contributed by atoms with Gasteiger partial charge in [-0.25, -0.2) is 0 Å². The third-order valence-corrected chi connectivity index (χ3v) is 3.01. The molecule has 1 heterocycles. The van der Waals surface area contributed by atoms with Gasteiger partial charge in [-0.2, -0.15) is 0 Å². The minimum Gasteiger partial charge on any atom is -0.385 e. The van der Waals surface area contributed by atoms with Crippen molar-refractivity contribution in [1.82, 2.24) is 4.98 Å². The summed E-state index contributed by atoms with van der Waals surface area (Å²) in [6, 6.07) is 9.34. The van der Waals surface area contributed by atoms with Crippen LogP contribution in [-0.4, -0.2) is 17.4 Å². The molecule has 104 valence electrons. The maximum atomic E-state index is 12.1. The lowest BCUT2D eigenvalue weighted by Gasteiger charge is -2.09. The van der Waals surface area contributed by atoms with Crippen molar-refractivity contribution in [3.8, 4) is 0 Å². The molecular formula is C16H19N3O. The molecule has 4 nitrogen and oxygen atoms in total. The summed E-state index contributed by atoms with van der Waals surface area (Å²) >= 11 is 0. The lowest BCUT2D eigenvalue weighted by Crippen LogP contribution is -2.13. The maximum Gasteiger partial charge on any atom is 0.255 e. The average molecular weight is 269 g/mol. The lowest BCUT2D eigenvalue weighted by molar-refractivity contribution is 0.102. The smallest absolute Gasteiger partial charge is 0.255 e. The Kier molecular flexibility index (Phi) is 4.71. The minimum atomic E-state index is -0.122. The van der Waals surface area contributed by atoms with Gasteiger partial charge in [0.25, 0.3) is 5.91 Å². The molecule has 0 bridgehead atoms. The van der Waals surface area contributed by atoms with E-state index in [0.29, 0.717) is 5.56 Å². The Balaban J connectivity index is 2.04. The summed E-state index contributed by atoms with van der Waals surface area (Å²) in [6.07, 6.45) is 4.44. The van der Waals surface area contributed by atoms with Crippen LogP contribution in [0.1, 0.15) is 29.3 Å². The van der Waals surface area contributed by atoms with Crippen molar-refractivity contribution in [2.75, 3.05) is 17.2 Å². The van der Waals surface area contributed by atoms with Gasteiger partial charge in [0.2, 0.25) is 0 Å². The van der Waals surface area contributed by atoms with Crippen LogP contribution < -0.4 is 10.6 Å². The molecule has 2 aromatic rings. The highest BCUT2D eigenvalue weighted by Crippen LogP contribution is 2.14. The van der Waals surface area contributed by atoms with Gasteiger partial charge in [0, 0.05) is 24.0 Å².